The number of halogens is 1. The van der Waals surface area contributed by atoms with Gasteiger partial charge in [0.2, 0.25) is 0 Å². The molecule has 3 rings (SSSR count). The molecule has 0 saturated heterocycles. The average Bonchev–Trinajstić information content (AvgIpc) is 2.89. The number of benzene rings is 1. The Morgan fingerprint density at radius 2 is 2.25 bits per heavy atom. The largest absolute Gasteiger partial charge is 0.483 e. The Kier molecular flexibility index (Phi) is 3.69. The summed E-state index contributed by atoms with van der Waals surface area (Å²) in [6.45, 7) is 1.18. The molecule has 0 atom stereocenters. The molecule has 1 aromatic heterocycles. The maximum atomic E-state index is 11.0. The van der Waals surface area contributed by atoms with E-state index < -0.39 is 0 Å². The maximum Gasteiger partial charge on any atom is 0.171 e. The zero-order valence-electron chi connectivity index (χ0n) is 10.9. The molecular formula is C14H14ClN3O2. The van der Waals surface area contributed by atoms with E-state index in [0.29, 0.717) is 16.3 Å². The van der Waals surface area contributed by atoms with Crippen molar-refractivity contribution in [3.63, 3.8) is 0 Å². The fourth-order valence-corrected chi connectivity index (χ4v) is 2.62. The van der Waals surface area contributed by atoms with Crippen LogP contribution in [0.2, 0.25) is 5.02 Å². The van der Waals surface area contributed by atoms with Gasteiger partial charge in [0, 0.05) is 13.0 Å². The van der Waals surface area contributed by atoms with Crippen LogP contribution in [0.25, 0.3) is 0 Å². The summed E-state index contributed by atoms with van der Waals surface area (Å²) in [5.41, 5.74) is 0.441. The second-order valence-corrected chi connectivity index (χ2v) is 5.11. The third-order valence-corrected chi connectivity index (χ3v) is 3.70. The highest BCUT2D eigenvalue weighted by molar-refractivity contribution is 6.32. The van der Waals surface area contributed by atoms with E-state index in [1.807, 2.05) is 0 Å². The number of hydrogen-bond donors (Lipinski definition) is 0. The molecule has 1 aliphatic heterocycles. The van der Waals surface area contributed by atoms with Gasteiger partial charge in [0.15, 0.2) is 12.1 Å². The number of ether oxygens (including phenoxy) is 1. The lowest BCUT2D eigenvalue weighted by Crippen LogP contribution is -2.14. The topological polar surface area (TPSA) is 57.0 Å². The van der Waals surface area contributed by atoms with Gasteiger partial charge in [-0.05, 0) is 25.0 Å². The molecule has 5 nitrogen and oxygen atoms in total. The molecule has 0 fully saturated rings. The molecule has 104 valence electrons. The molecule has 0 radical (unpaired) electrons. The summed E-state index contributed by atoms with van der Waals surface area (Å²) in [7, 11) is 0. The zero-order valence-corrected chi connectivity index (χ0v) is 11.6. The first kappa shape index (κ1) is 13.1. The van der Waals surface area contributed by atoms with Gasteiger partial charge in [-0.1, -0.05) is 17.7 Å². The van der Waals surface area contributed by atoms with Crippen LogP contribution in [0.3, 0.4) is 0 Å². The van der Waals surface area contributed by atoms with Crippen molar-refractivity contribution in [1.82, 2.24) is 14.8 Å². The van der Waals surface area contributed by atoms with E-state index in [4.69, 9.17) is 16.3 Å². The van der Waals surface area contributed by atoms with Gasteiger partial charge >= 0.3 is 0 Å². The van der Waals surface area contributed by atoms with Crippen molar-refractivity contribution in [3.05, 3.63) is 40.4 Å². The average molecular weight is 292 g/mol. The Morgan fingerprint density at radius 3 is 3.10 bits per heavy atom. The summed E-state index contributed by atoms with van der Waals surface area (Å²) in [5.74, 6) is 2.18. The monoisotopic (exact) mass is 291 g/mol. The van der Waals surface area contributed by atoms with Crippen molar-refractivity contribution in [2.45, 2.75) is 32.4 Å². The van der Waals surface area contributed by atoms with Gasteiger partial charge in [0.1, 0.15) is 18.2 Å². The molecule has 0 N–H and O–H groups in total. The van der Waals surface area contributed by atoms with Crippen LogP contribution < -0.4 is 4.74 Å². The molecule has 6 heteroatoms. The minimum atomic E-state index is 0.261. The Hall–Kier alpha value is -1.88. The number of carbonyl (C=O) groups is 1. The number of nitrogens with zero attached hydrogens (tertiary/aromatic N) is 3. The van der Waals surface area contributed by atoms with E-state index in [2.05, 4.69) is 14.8 Å². The van der Waals surface area contributed by atoms with Gasteiger partial charge in [-0.15, -0.1) is 10.2 Å². The van der Waals surface area contributed by atoms with Gasteiger partial charge < -0.3 is 9.30 Å². The van der Waals surface area contributed by atoms with Gasteiger partial charge in [-0.3, -0.25) is 4.79 Å². The molecule has 0 spiro atoms. The van der Waals surface area contributed by atoms with Crippen LogP contribution in [0.15, 0.2) is 18.2 Å². The van der Waals surface area contributed by atoms with Crippen LogP contribution in [0.1, 0.15) is 34.8 Å². The maximum absolute atomic E-state index is 11.0. The molecule has 2 heterocycles. The first-order valence-electron chi connectivity index (χ1n) is 6.57. The SMILES string of the molecule is O=Cc1cccc(Cl)c1OCc1nnc2n1CCCC2. The van der Waals surface area contributed by atoms with Crippen molar-refractivity contribution in [2.75, 3.05) is 0 Å². The summed E-state index contributed by atoms with van der Waals surface area (Å²) >= 11 is 6.06. The van der Waals surface area contributed by atoms with E-state index in [-0.39, 0.29) is 6.61 Å². The van der Waals surface area contributed by atoms with E-state index in [0.717, 1.165) is 43.7 Å². The highest BCUT2D eigenvalue weighted by Crippen LogP contribution is 2.28. The number of para-hydroxylation sites is 1. The van der Waals surface area contributed by atoms with Gasteiger partial charge in [0.05, 0.1) is 10.6 Å². The lowest BCUT2D eigenvalue weighted by Gasteiger charge is -2.15. The standard InChI is InChI=1S/C14H14ClN3O2/c15-11-5-3-4-10(8-19)14(11)20-9-13-17-16-12-6-1-2-7-18(12)13/h3-5,8H,1-2,6-7,9H2. The normalized spacial score (nSPS) is 13.8. The van der Waals surface area contributed by atoms with Gasteiger partial charge in [-0.25, -0.2) is 0 Å². The van der Waals surface area contributed by atoms with Crippen molar-refractivity contribution in [1.29, 1.82) is 0 Å². The predicted octanol–water partition coefficient (Wildman–Crippen LogP) is 2.66. The molecule has 0 aliphatic carbocycles. The lowest BCUT2D eigenvalue weighted by atomic mass is 10.2. The van der Waals surface area contributed by atoms with Crippen molar-refractivity contribution in [3.8, 4) is 5.75 Å². The third kappa shape index (κ3) is 2.41. The second-order valence-electron chi connectivity index (χ2n) is 4.71. The number of aromatic nitrogens is 3. The van der Waals surface area contributed by atoms with Crippen molar-refractivity contribution in [2.24, 2.45) is 0 Å². The first-order valence-corrected chi connectivity index (χ1v) is 6.95. The van der Waals surface area contributed by atoms with Crippen LogP contribution >= 0.6 is 11.6 Å². The zero-order chi connectivity index (χ0) is 13.9. The predicted molar refractivity (Wildman–Crippen MR) is 74.1 cm³/mol. The molecule has 0 bridgehead atoms. The smallest absolute Gasteiger partial charge is 0.171 e. The summed E-state index contributed by atoms with van der Waals surface area (Å²) in [5, 5.41) is 8.74. The fourth-order valence-electron chi connectivity index (χ4n) is 2.38. The van der Waals surface area contributed by atoms with Crippen LogP contribution in [-0.4, -0.2) is 21.1 Å². The summed E-state index contributed by atoms with van der Waals surface area (Å²) < 4.78 is 7.77. The van der Waals surface area contributed by atoms with E-state index in [9.17, 15) is 4.79 Å². The first-order chi connectivity index (χ1) is 9.79. The Balaban J connectivity index is 1.80. The number of carbonyl (C=O) groups excluding carboxylic acids is 1. The van der Waals surface area contributed by atoms with E-state index in [1.54, 1.807) is 18.2 Å². The van der Waals surface area contributed by atoms with Gasteiger partial charge in [-0.2, -0.15) is 0 Å². The molecule has 2 aromatic rings. The van der Waals surface area contributed by atoms with Crippen molar-refractivity contribution < 1.29 is 9.53 Å². The van der Waals surface area contributed by atoms with Gasteiger partial charge in [0.25, 0.3) is 0 Å². The van der Waals surface area contributed by atoms with Crippen LogP contribution in [0.4, 0.5) is 0 Å². The molecule has 20 heavy (non-hydrogen) atoms. The Labute approximate surface area is 121 Å². The lowest BCUT2D eigenvalue weighted by molar-refractivity contribution is 0.111. The van der Waals surface area contributed by atoms with Crippen LogP contribution in [0.5, 0.6) is 5.75 Å². The minimum absolute atomic E-state index is 0.261. The number of rotatable bonds is 4. The highest BCUT2D eigenvalue weighted by Gasteiger charge is 2.17. The highest BCUT2D eigenvalue weighted by atomic mass is 35.5. The fraction of sp³-hybridized carbons (Fsp3) is 0.357. The molecule has 0 saturated carbocycles. The summed E-state index contributed by atoms with van der Waals surface area (Å²) in [4.78, 5) is 11.0. The molecule has 1 aliphatic rings. The van der Waals surface area contributed by atoms with Crippen LogP contribution in [-0.2, 0) is 19.6 Å². The molecule has 0 unspecified atom stereocenters. The quantitative estimate of drug-likeness (QED) is 0.813. The Morgan fingerprint density at radius 1 is 1.35 bits per heavy atom. The number of aryl methyl sites for hydroxylation is 1. The minimum Gasteiger partial charge on any atom is -0.483 e. The van der Waals surface area contributed by atoms with E-state index in [1.165, 1.54) is 0 Å². The Bertz CT molecular complexity index is 639. The third-order valence-electron chi connectivity index (χ3n) is 3.41. The van der Waals surface area contributed by atoms with Crippen LogP contribution in [0, 0.1) is 0 Å². The second kappa shape index (κ2) is 5.63. The van der Waals surface area contributed by atoms with Crippen molar-refractivity contribution >= 4 is 17.9 Å². The summed E-state index contributed by atoms with van der Waals surface area (Å²) in [6, 6.07) is 5.09. The summed E-state index contributed by atoms with van der Waals surface area (Å²) in [6.07, 6.45) is 3.97. The molecular weight excluding hydrogens is 278 g/mol. The molecule has 0 amide bonds. The number of hydrogen-bond acceptors (Lipinski definition) is 4. The van der Waals surface area contributed by atoms with E-state index >= 15 is 0 Å². The number of aldehydes is 1. The number of fused-ring (bicyclic) bond motifs is 1. The molecule has 1 aromatic carbocycles.